The first-order valence-electron chi connectivity index (χ1n) is 9.94. The summed E-state index contributed by atoms with van der Waals surface area (Å²) in [5.74, 6) is 2.45. The van der Waals surface area contributed by atoms with E-state index >= 15 is 0 Å². The van der Waals surface area contributed by atoms with Crippen LogP contribution in [-0.2, 0) is 0 Å². The molecule has 0 spiro atoms. The average molecular weight is 428 g/mol. The van der Waals surface area contributed by atoms with Crippen LogP contribution in [0.25, 0.3) is 10.2 Å². The van der Waals surface area contributed by atoms with Crippen molar-refractivity contribution < 1.29 is 4.79 Å². The molecule has 29 heavy (non-hydrogen) atoms. The second-order valence-electron chi connectivity index (χ2n) is 7.79. The molecule has 1 amide bonds. The van der Waals surface area contributed by atoms with Crippen LogP contribution in [0.1, 0.15) is 45.5 Å². The Bertz CT molecular complexity index is 1080. The number of piperazine rings is 1. The monoisotopic (exact) mass is 427 g/mol. The minimum Gasteiger partial charge on any atom is -0.353 e. The summed E-state index contributed by atoms with van der Waals surface area (Å²) in [7, 11) is 0. The lowest BCUT2D eigenvalue weighted by atomic mass is 10.1. The van der Waals surface area contributed by atoms with Crippen molar-refractivity contribution in [3.05, 3.63) is 45.3 Å². The molecule has 2 fully saturated rings. The van der Waals surface area contributed by atoms with E-state index in [1.54, 1.807) is 6.20 Å². The summed E-state index contributed by atoms with van der Waals surface area (Å²) in [4.78, 5) is 33.0. The third kappa shape index (κ3) is 3.46. The molecule has 1 aliphatic carbocycles. The molecule has 0 radical (unpaired) electrons. The molecule has 3 aromatic heterocycles. The van der Waals surface area contributed by atoms with E-state index in [-0.39, 0.29) is 5.91 Å². The van der Waals surface area contributed by atoms with Gasteiger partial charge in [-0.15, -0.1) is 11.3 Å². The van der Waals surface area contributed by atoms with Gasteiger partial charge in [0.2, 0.25) is 0 Å². The Morgan fingerprint density at radius 1 is 1.14 bits per heavy atom. The molecule has 0 atom stereocenters. The van der Waals surface area contributed by atoms with Crippen molar-refractivity contribution in [3.8, 4) is 0 Å². The second kappa shape index (κ2) is 7.22. The smallest absolute Gasteiger partial charge is 0.264 e. The van der Waals surface area contributed by atoms with Crippen molar-refractivity contribution in [1.82, 2.24) is 19.9 Å². The predicted octanol–water partition coefficient (Wildman–Crippen LogP) is 4.20. The van der Waals surface area contributed by atoms with Crippen molar-refractivity contribution >= 4 is 44.9 Å². The Kier molecular flexibility index (Phi) is 4.67. The Morgan fingerprint density at radius 3 is 2.55 bits per heavy atom. The molecule has 0 unspecified atom stereocenters. The van der Waals surface area contributed by atoms with E-state index in [0.29, 0.717) is 24.0 Å². The highest BCUT2D eigenvalue weighted by atomic mass is 35.5. The van der Waals surface area contributed by atoms with Crippen LogP contribution in [0.2, 0.25) is 5.02 Å². The van der Waals surface area contributed by atoms with Gasteiger partial charge in [0, 0.05) is 43.7 Å². The van der Waals surface area contributed by atoms with E-state index in [2.05, 4.69) is 9.88 Å². The maximum Gasteiger partial charge on any atom is 0.264 e. The van der Waals surface area contributed by atoms with Crippen molar-refractivity contribution in [2.24, 2.45) is 0 Å². The number of fused-ring (bicyclic) bond motifs is 1. The summed E-state index contributed by atoms with van der Waals surface area (Å²) in [6, 6.07) is 3.77. The minimum absolute atomic E-state index is 0.0987. The number of rotatable bonds is 3. The number of carbonyl (C=O) groups is 1. The number of nitrogens with zero attached hydrogens (tertiary/aromatic N) is 5. The SMILES string of the molecule is Cc1nc(C2CC2)nc2sc(C(=O)N3CCN(c4ccc(Cl)cn4)CC3)c(C)c12. The molecule has 150 valence electrons. The number of thiophene rings is 1. The third-order valence-electron chi connectivity index (χ3n) is 5.73. The number of carbonyl (C=O) groups excluding carboxylic acids is 1. The number of hydrogen-bond donors (Lipinski definition) is 0. The summed E-state index contributed by atoms with van der Waals surface area (Å²) in [6.45, 7) is 6.92. The van der Waals surface area contributed by atoms with Crippen LogP contribution in [0.15, 0.2) is 18.3 Å². The number of anilines is 1. The summed E-state index contributed by atoms with van der Waals surface area (Å²) >= 11 is 7.45. The van der Waals surface area contributed by atoms with Crippen LogP contribution >= 0.6 is 22.9 Å². The van der Waals surface area contributed by atoms with Gasteiger partial charge in [0.05, 0.1) is 15.6 Å². The molecule has 1 saturated heterocycles. The van der Waals surface area contributed by atoms with Crippen LogP contribution < -0.4 is 4.90 Å². The van der Waals surface area contributed by atoms with E-state index in [1.807, 2.05) is 30.9 Å². The van der Waals surface area contributed by atoms with Gasteiger partial charge in [0.1, 0.15) is 16.5 Å². The topological polar surface area (TPSA) is 62.2 Å². The maximum absolute atomic E-state index is 13.3. The molecule has 0 aromatic carbocycles. The van der Waals surface area contributed by atoms with E-state index in [9.17, 15) is 4.79 Å². The fraction of sp³-hybridized carbons (Fsp3) is 0.429. The van der Waals surface area contributed by atoms with Gasteiger partial charge in [-0.25, -0.2) is 15.0 Å². The second-order valence-corrected chi connectivity index (χ2v) is 9.23. The largest absolute Gasteiger partial charge is 0.353 e. The van der Waals surface area contributed by atoms with Crippen LogP contribution in [0.5, 0.6) is 0 Å². The lowest BCUT2D eigenvalue weighted by Gasteiger charge is -2.35. The molecule has 1 aliphatic heterocycles. The first-order chi connectivity index (χ1) is 14.0. The number of hydrogen-bond acceptors (Lipinski definition) is 6. The average Bonchev–Trinajstić information content (AvgIpc) is 3.52. The molecule has 2 aliphatic rings. The van der Waals surface area contributed by atoms with Gasteiger partial charge in [0.25, 0.3) is 5.91 Å². The van der Waals surface area contributed by atoms with Crippen molar-refractivity contribution in [1.29, 1.82) is 0 Å². The van der Waals surface area contributed by atoms with Crippen LogP contribution in [0, 0.1) is 13.8 Å². The number of pyridine rings is 1. The molecule has 0 N–H and O–H groups in total. The molecule has 5 rings (SSSR count). The predicted molar refractivity (Wildman–Crippen MR) is 116 cm³/mol. The fourth-order valence-electron chi connectivity index (χ4n) is 3.93. The van der Waals surface area contributed by atoms with E-state index in [1.165, 1.54) is 24.2 Å². The number of amides is 1. The fourth-order valence-corrected chi connectivity index (χ4v) is 5.24. The number of aryl methyl sites for hydroxylation is 2. The van der Waals surface area contributed by atoms with Crippen LogP contribution in [0.3, 0.4) is 0 Å². The van der Waals surface area contributed by atoms with Crippen molar-refractivity contribution in [2.75, 3.05) is 31.1 Å². The van der Waals surface area contributed by atoms with Crippen LogP contribution in [0.4, 0.5) is 5.82 Å². The molecule has 1 saturated carbocycles. The zero-order chi connectivity index (χ0) is 20.1. The van der Waals surface area contributed by atoms with Gasteiger partial charge in [-0.05, 0) is 44.4 Å². The molecule has 0 bridgehead atoms. The highest BCUT2D eigenvalue weighted by Gasteiger charge is 2.30. The standard InChI is InChI=1S/C21H22ClN5OS/c1-12-17-13(2)24-19(14-3-4-14)25-20(17)29-18(12)21(28)27-9-7-26(8-10-27)16-6-5-15(22)11-23-16/h5-6,11,14H,3-4,7-10H2,1-2H3. The highest BCUT2D eigenvalue weighted by molar-refractivity contribution is 7.20. The highest BCUT2D eigenvalue weighted by Crippen LogP contribution is 2.40. The van der Waals surface area contributed by atoms with Gasteiger partial charge in [-0.1, -0.05) is 11.6 Å². The van der Waals surface area contributed by atoms with E-state index in [0.717, 1.165) is 51.1 Å². The first-order valence-corrected chi connectivity index (χ1v) is 11.1. The molecule has 3 aromatic rings. The molecular formula is C21H22ClN5OS. The number of halogens is 1. The Hall–Kier alpha value is -2.25. The van der Waals surface area contributed by atoms with Crippen molar-refractivity contribution in [3.63, 3.8) is 0 Å². The number of aromatic nitrogens is 3. The zero-order valence-electron chi connectivity index (χ0n) is 16.5. The van der Waals surface area contributed by atoms with Gasteiger partial charge in [-0.2, -0.15) is 0 Å². The first kappa shape index (κ1) is 18.8. The normalized spacial score (nSPS) is 17.2. The minimum atomic E-state index is 0.0987. The van der Waals surface area contributed by atoms with Gasteiger partial charge < -0.3 is 9.80 Å². The van der Waals surface area contributed by atoms with Gasteiger partial charge >= 0.3 is 0 Å². The van der Waals surface area contributed by atoms with E-state index in [4.69, 9.17) is 21.6 Å². The Morgan fingerprint density at radius 2 is 1.90 bits per heavy atom. The maximum atomic E-state index is 13.3. The molecule has 6 nitrogen and oxygen atoms in total. The lowest BCUT2D eigenvalue weighted by Crippen LogP contribution is -2.49. The van der Waals surface area contributed by atoms with Gasteiger partial charge in [-0.3, -0.25) is 4.79 Å². The molecule has 8 heteroatoms. The summed E-state index contributed by atoms with van der Waals surface area (Å²) in [5, 5.41) is 1.68. The van der Waals surface area contributed by atoms with Gasteiger partial charge in [0.15, 0.2) is 0 Å². The summed E-state index contributed by atoms with van der Waals surface area (Å²) in [6.07, 6.45) is 4.01. The van der Waals surface area contributed by atoms with E-state index < -0.39 is 0 Å². The Labute approximate surface area is 178 Å². The van der Waals surface area contributed by atoms with Crippen LogP contribution in [-0.4, -0.2) is 51.9 Å². The Balaban J connectivity index is 1.35. The third-order valence-corrected chi connectivity index (χ3v) is 7.13. The zero-order valence-corrected chi connectivity index (χ0v) is 18.1. The quantitative estimate of drug-likeness (QED) is 0.627. The van der Waals surface area contributed by atoms with Crippen molar-refractivity contribution in [2.45, 2.75) is 32.6 Å². The summed E-state index contributed by atoms with van der Waals surface area (Å²) in [5.41, 5.74) is 2.00. The lowest BCUT2D eigenvalue weighted by molar-refractivity contribution is 0.0751. The molecular weight excluding hydrogens is 406 g/mol. The summed E-state index contributed by atoms with van der Waals surface area (Å²) < 4.78 is 0. The molecule has 4 heterocycles.